The Bertz CT molecular complexity index is 1400. The number of hydrogen-bond acceptors (Lipinski definition) is 4. The van der Waals surface area contributed by atoms with E-state index in [1.165, 1.54) is 16.5 Å². The van der Waals surface area contributed by atoms with Crippen molar-refractivity contribution in [2.75, 3.05) is 4.90 Å². The molecule has 36 heavy (non-hydrogen) atoms. The molecular formula is C28H27N3O4S. The molecule has 0 unspecified atom stereocenters. The maximum absolute atomic E-state index is 13.4. The lowest BCUT2D eigenvalue weighted by Gasteiger charge is -2.29. The van der Waals surface area contributed by atoms with Gasteiger partial charge >= 0.3 is 5.97 Å². The zero-order valence-electron chi connectivity index (χ0n) is 20.4. The standard InChI is InChI=1S/C28H27N3O4S/c1-4-5-7-19-10-12-22(13-11-19)31-26(33)24(25(32)29-28(31)36)16-21-14-17(2)30(18(21)3)23-9-6-8-20(15-23)27(34)35/h6,8-16H,4-5,7H2,1-3H3,(H,34,35)(H,29,32,36)/b24-16+. The lowest BCUT2D eigenvalue weighted by atomic mass is 10.1. The van der Waals surface area contributed by atoms with E-state index in [1.54, 1.807) is 18.2 Å². The molecule has 1 aliphatic rings. The van der Waals surface area contributed by atoms with E-state index in [0.29, 0.717) is 16.9 Å². The first-order valence-corrected chi connectivity index (χ1v) is 12.1. The van der Waals surface area contributed by atoms with Crippen molar-refractivity contribution in [1.82, 2.24) is 9.88 Å². The van der Waals surface area contributed by atoms with Gasteiger partial charge < -0.3 is 9.67 Å². The van der Waals surface area contributed by atoms with Crippen molar-refractivity contribution in [1.29, 1.82) is 0 Å². The minimum Gasteiger partial charge on any atom is -0.478 e. The maximum Gasteiger partial charge on any atom is 0.335 e. The van der Waals surface area contributed by atoms with Crippen LogP contribution in [0.5, 0.6) is 0 Å². The number of aryl methyl sites for hydroxylation is 2. The Labute approximate surface area is 215 Å². The molecule has 4 rings (SSSR count). The molecule has 1 aromatic heterocycles. The number of carboxylic acid groups (broad SMARTS) is 1. The smallest absolute Gasteiger partial charge is 0.335 e. The Hall–Kier alpha value is -4.04. The van der Waals surface area contributed by atoms with Crippen molar-refractivity contribution >= 4 is 46.9 Å². The number of carbonyl (C=O) groups is 3. The van der Waals surface area contributed by atoms with Gasteiger partial charge in [0.1, 0.15) is 5.57 Å². The molecule has 2 amide bonds. The Morgan fingerprint density at radius 1 is 1.06 bits per heavy atom. The molecule has 8 heteroatoms. The highest BCUT2D eigenvalue weighted by atomic mass is 32.1. The van der Waals surface area contributed by atoms with Crippen LogP contribution < -0.4 is 10.2 Å². The summed E-state index contributed by atoms with van der Waals surface area (Å²) in [5.74, 6) is -2.07. The molecule has 7 nitrogen and oxygen atoms in total. The SMILES string of the molecule is CCCCc1ccc(N2C(=O)/C(=C/c3cc(C)n(-c4cccc(C(=O)O)c4)c3C)C(=O)NC2=S)cc1. The summed E-state index contributed by atoms with van der Waals surface area (Å²) in [6.07, 6.45) is 4.70. The number of unbranched alkanes of at least 4 members (excludes halogenated alkanes) is 1. The molecular weight excluding hydrogens is 474 g/mol. The number of rotatable bonds is 7. The van der Waals surface area contributed by atoms with Gasteiger partial charge in [-0.3, -0.25) is 19.8 Å². The minimum absolute atomic E-state index is 0.0294. The van der Waals surface area contributed by atoms with Crippen LogP contribution in [0.25, 0.3) is 11.8 Å². The molecule has 184 valence electrons. The van der Waals surface area contributed by atoms with Gasteiger partial charge in [0.05, 0.1) is 11.3 Å². The molecule has 0 aliphatic carbocycles. The van der Waals surface area contributed by atoms with Gasteiger partial charge in [0.25, 0.3) is 11.8 Å². The van der Waals surface area contributed by atoms with E-state index in [1.807, 2.05) is 54.8 Å². The first kappa shape index (κ1) is 25.1. The second-order valence-electron chi connectivity index (χ2n) is 8.75. The average molecular weight is 502 g/mol. The molecule has 0 atom stereocenters. The fraction of sp³-hybridized carbons (Fsp3) is 0.214. The molecule has 0 saturated carbocycles. The summed E-state index contributed by atoms with van der Waals surface area (Å²) in [5.41, 5.74) is 4.87. The number of hydrogen-bond donors (Lipinski definition) is 2. The lowest BCUT2D eigenvalue weighted by molar-refractivity contribution is -0.122. The Kier molecular flexibility index (Phi) is 7.17. The summed E-state index contributed by atoms with van der Waals surface area (Å²) in [6, 6.07) is 16.1. The fourth-order valence-corrected chi connectivity index (χ4v) is 4.63. The van der Waals surface area contributed by atoms with Gasteiger partial charge in [0.2, 0.25) is 0 Å². The number of aromatic nitrogens is 1. The van der Waals surface area contributed by atoms with Crippen molar-refractivity contribution in [3.05, 3.63) is 88.2 Å². The summed E-state index contributed by atoms with van der Waals surface area (Å²) in [6.45, 7) is 5.88. The highest BCUT2D eigenvalue weighted by Gasteiger charge is 2.34. The molecule has 2 heterocycles. The van der Waals surface area contributed by atoms with Crippen molar-refractivity contribution < 1.29 is 19.5 Å². The second kappa shape index (κ2) is 10.3. The lowest BCUT2D eigenvalue weighted by Crippen LogP contribution is -2.54. The summed E-state index contributed by atoms with van der Waals surface area (Å²) in [5, 5.41) is 12.0. The monoisotopic (exact) mass is 501 g/mol. The quantitative estimate of drug-likeness (QED) is 0.271. The van der Waals surface area contributed by atoms with Crippen LogP contribution in [0.1, 0.15) is 52.6 Å². The second-order valence-corrected chi connectivity index (χ2v) is 9.13. The molecule has 0 radical (unpaired) electrons. The van der Waals surface area contributed by atoms with Crippen LogP contribution in [0.4, 0.5) is 5.69 Å². The van der Waals surface area contributed by atoms with Crippen molar-refractivity contribution in [3.63, 3.8) is 0 Å². The number of carbonyl (C=O) groups excluding carboxylic acids is 2. The molecule has 2 N–H and O–H groups in total. The van der Waals surface area contributed by atoms with Crippen LogP contribution in [0, 0.1) is 13.8 Å². The van der Waals surface area contributed by atoms with E-state index in [-0.39, 0.29) is 16.2 Å². The molecule has 1 fully saturated rings. The molecule has 2 aromatic carbocycles. The number of benzene rings is 2. The van der Waals surface area contributed by atoms with Gasteiger partial charge in [-0.05, 0) is 92.5 Å². The summed E-state index contributed by atoms with van der Waals surface area (Å²) >= 11 is 5.33. The Morgan fingerprint density at radius 2 is 1.78 bits per heavy atom. The number of carboxylic acids is 1. The number of anilines is 1. The van der Waals surface area contributed by atoms with Crippen LogP contribution in [0.2, 0.25) is 0 Å². The number of amides is 2. The van der Waals surface area contributed by atoms with Crippen molar-refractivity contribution in [2.24, 2.45) is 0 Å². The topological polar surface area (TPSA) is 91.6 Å². The van der Waals surface area contributed by atoms with Gasteiger partial charge in [0, 0.05) is 17.1 Å². The third kappa shape index (κ3) is 4.85. The predicted octanol–water partition coefficient (Wildman–Crippen LogP) is 4.97. The zero-order chi connectivity index (χ0) is 26.0. The maximum atomic E-state index is 13.4. The number of nitrogens with zero attached hydrogens (tertiary/aromatic N) is 2. The van der Waals surface area contributed by atoms with Gasteiger partial charge in [0.15, 0.2) is 5.11 Å². The number of nitrogens with one attached hydrogen (secondary N) is 1. The van der Waals surface area contributed by atoms with E-state index in [9.17, 15) is 19.5 Å². The Balaban J connectivity index is 1.69. The van der Waals surface area contributed by atoms with Gasteiger partial charge in [-0.2, -0.15) is 0 Å². The molecule has 1 aliphatic heterocycles. The zero-order valence-corrected chi connectivity index (χ0v) is 21.2. The first-order valence-electron chi connectivity index (χ1n) is 11.7. The van der Waals surface area contributed by atoms with Crippen molar-refractivity contribution in [2.45, 2.75) is 40.0 Å². The summed E-state index contributed by atoms with van der Waals surface area (Å²) in [7, 11) is 0. The number of aromatic carboxylic acids is 1. The van der Waals surface area contributed by atoms with Gasteiger partial charge in [-0.25, -0.2) is 4.79 Å². The third-order valence-electron chi connectivity index (χ3n) is 6.24. The van der Waals surface area contributed by atoms with Crippen LogP contribution in [0.15, 0.2) is 60.2 Å². The fourth-order valence-electron chi connectivity index (χ4n) is 4.35. The normalized spacial score (nSPS) is 14.9. The largest absolute Gasteiger partial charge is 0.478 e. The summed E-state index contributed by atoms with van der Waals surface area (Å²) < 4.78 is 1.89. The van der Waals surface area contributed by atoms with Gasteiger partial charge in [-0.15, -0.1) is 0 Å². The number of thiocarbonyl (C=S) groups is 1. The van der Waals surface area contributed by atoms with E-state index < -0.39 is 17.8 Å². The molecule has 3 aromatic rings. The highest BCUT2D eigenvalue weighted by molar-refractivity contribution is 7.80. The van der Waals surface area contributed by atoms with Gasteiger partial charge in [-0.1, -0.05) is 31.5 Å². The first-order chi connectivity index (χ1) is 17.2. The van der Waals surface area contributed by atoms with E-state index >= 15 is 0 Å². The van der Waals surface area contributed by atoms with E-state index in [4.69, 9.17) is 12.2 Å². The Morgan fingerprint density at radius 3 is 2.44 bits per heavy atom. The van der Waals surface area contributed by atoms with Crippen LogP contribution >= 0.6 is 12.2 Å². The van der Waals surface area contributed by atoms with Crippen LogP contribution in [-0.2, 0) is 16.0 Å². The predicted molar refractivity (Wildman–Crippen MR) is 143 cm³/mol. The molecule has 0 spiro atoms. The van der Waals surface area contributed by atoms with E-state index in [2.05, 4.69) is 12.2 Å². The van der Waals surface area contributed by atoms with Crippen LogP contribution in [0.3, 0.4) is 0 Å². The molecule has 0 bridgehead atoms. The summed E-state index contributed by atoms with van der Waals surface area (Å²) in [4.78, 5) is 39.0. The van der Waals surface area contributed by atoms with E-state index in [0.717, 1.165) is 30.7 Å². The average Bonchev–Trinajstić information content (AvgIpc) is 3.13. The minimum atomic E-state index is -1.01. The molecule has 1 saturated heterocycles. The van der Waals surface area contributed by atoms with Crippen molar-refractivity contribution in [3.8, 4) is 5.69 Å². The highest BCUT2D eigenvalue weighted by Crippen LogP contribution is 2.27. The van der Waals surface area contributed by atoms with Crippen LogP contribution in [-0.4, -0.2) is 32.6 Å². The third-order valence-corrected chi connectivity index (χ3v) is 6.52.